The molecule has 0 aliphatic heterocycles. The first-order valence-corrected chi connectivity index (χ1v) is 5.31. The number of aromatic carboxylic acids is 1. The highest BCUT2D eigenvalue weighted by atomic mass is 19.1. The van der Waals surface area contributed by atoms with E-state index in [0.29, 0.717) is 12.5 Å². The second-order valence-electron chi connectivity index (χ2n) is 3.56. The average molecular weight is 257 g/mol. The standard InChI is InChI=1S/C11H12FNO5/c1-2-3-4-18-10-6-8(12)7(11(14)15)5-9(10)13(16)17/h5-6H,2-4H2,1H3,(H,14,15). The zero-order valence-corrected chi connectivity index (χ0v) is 9.68. The number of carboxylic acid groups (broad SMARTS) is 1. The van der Waals surface area contributed by atoms with Crippen LogP contribution in [0.2, 0.25) is 0 Å². The van der Waals surface area contributed by atoms with Gasteiger partial charge in [0.25, 0.3) is 0 Å². The SMILES string of the molecule is CCCCOc1cc(F)c(C(=O)O)cc1[N+](=O)[O-]. The summed E-state index contributed by atoms with van der Waals surface area (Å²) in [5.41, 5.74) is -1.30. The second kappa shape index (κ2) is 5.95. The van der Waals surface area contributed by atoms with E-state index in [0.717, 1.165) is 12.5 Å². The lowest BCUT2D eigenvalue weighted by Gasteiger charge is -2.07. The summed E-state index contributed by atoms with van der Waals surface area (Å²) >= 11 is 0. The largest absolute Gasteiger partial charge is 0.487 e. The fraction of sp³-hybridized carbons (Fsp3) is 0.364. The molecule has 0 fully saturated rings. The molecule has 0 spiro atoms. The molecule has 0 heterocycles. The number of benzene rings is 1. The summed E-state index contributed by atoms with van der Waals surface area (Å²) in [5.74, 6) is -2.87. The normalized spacial score (nSPS) is 10.1. The van der Waals surface area contributed by atoms with Gasteiger partial charge in [-0.15, -0.1) is 0 Å². The van der Waals surface area contributed by atoms with Crippen LogP contribution in [0.25, 0.3) is 0 Å². The van der Waals surface area contributed by atoms with Crippen LogP contribution >= 0.6 is 0 Å². The van der Waals surface area contributed by atoms with Gasteiger partial charge >= 0.3 is 11.7 Å². The van der Waals surface area contributed by atoms with Crippen molar-refractivity contribution in [2.24, 2.45) is 0 Å². The molecule has 1 rings (SSSR count). The van der Waals surface area contributed by atoms with Gasteiger partial charge in [-0.2, -0.15) is 0 Å². The Hall–Kier alpha value is -2.18. The molecule has 0 bridgehead atoms. The molecule has 0 saturated heterocycles. The molecule has 0 atom stereocenters. The molecule has 1 N–H and O–H groups in total. The molecule has 1 aromatic carbocycles. The smallest absolute Gasteiger partial charge is 0.338 e. The number of carboxylic acids is 1. The molecule has 0 saturated carbocycles. The van der Waals surface area contributed by atoms with Crippen LogP contribution in [0.4, 0.5) is 10.1 Å². The number of rotatable bonds is 6. The van der Waals surface area contributed by atoms with Crippen LogP contribution < -0.4 is 4.74 Å². The number of ether oxygens (including phenoxy) is 1. The summed E-state index contributed by atoms with van der Waals surface area (Å²) in [6.45, 7) is 2.12. The van der Waals surface area contributed by atoms with Gasteiger partial charge in [0.15, 0.2) is 5.75 Å². The molecular formula is C11H12FNO5. The molecule has 18 heavy (non-hydrogen) atoms. The molecular weight excluding hydrogens is 245 g/mol. The lowest BCUT2D eigenvalue weighted by molar-refractivity contribution is -0.386. The Bertz CT molecular complexity index is 475. The van der Waals surface area contributed by atoms with Gasteiger partial charge in [0.1, 0.15) is 11.4 Å². The Morgan fingerprint density at radius 3 is 2.72 bits per heavy atom. The minimum Gasteiger partial charge on any atom is -0.487 e. The first-order chi connectivity index (χ1) is 8.47. The third kappa shape index (κ3) is 3.16. The van der Waals surface area contributed by atoms with Gasteiger partial charge in [-0.25, -0.2) is 9.18 Å². The molecule has 7 heteroatoms. The second-order valence-corrected chi connectivity index (χ2v) is 3.56. The van der Waals surface area contributed by atoms with E-state index in [1.807, 2.05) is 6.92 Å². The van der Waals surface area contributed by atoms with E-state index < -0.39 is 28.0 Å². The quantitative estimate of drug-likeness (QED) is 0.480. The van der Waals surface area contributed by atoms with E-state index >= 15 is 0 Å². The van der Waals surface area contributed by atoms with Crippen LogP contribution in [0.1, 0.15) is 30.1 Å². The van der Waals surface area contributed by atoms with Crippen molar-refractivity contribution >= 4 is 11.7 Å². The minimum absolute atomic E-state index is 0.212. The predicted molar refractivity (Wildman–Crippen MR) is 60.4 cm³/mol. The highest BCUT2D eigenvalue weighted by molar-refractivity contribution is 5.89. The fourth-order valence-corrected chi connectivity index (χ4v) is 1.29. The van der Waals surface area contributed by atoms with Crippen molar-refractivity contribution < 1.29 is 24.0 Å². The van der Waals surface area contributed by atoms with Gasteiger partial charge < -0.3 is 9.84 Å². The van der Waals surface area contributed by atoms with E-state index in [1.54, 1.807) is 0 Å². The molecule has 0 amide bonds. The third-order valence-electron chi connectivity index (χ3n) is 2.23. The number of nitro groups is 1. The molecule has 0 aliphatic carbocycles. The first kappa shape index (κ1) is 13.9. The van der Waals surface area contributed by atoms with Gasteiger partial charge in [0, 0.05) is 12.1 Å². The molecule has 0 unspecified atom stereocenters. The van der Waals surface area contributed by atoms with Crippen LogP contribution in [0, 0.1) is 15.9 Å². The summed E-state index contributed by atoms with van der Waals surface area (Å²) in [7, 11) is 0. The van der Waals surface area contributed by atoms with Gasteiger partial charge in [0.05, 0.1) is 11.5 Å². The fourth-order valence-electron chi connectivity index (χ4n) is 1.29. The number of nitro benzene ring substituents is 1. The van der Waals surface area contributed by atoms with Crippen molar-refractivity contribution in [1.82, 2.24) is 0 Å². The van der Waals surface area contributed by atoms with Crippen LogP contribution in [-0.4, -0.2) is 22.6 Å². The van der Waals surface area contributed by atoms with Crippen LogP contribution in [0.3, 0.4) is 0 Å². The third-order valence-corrected chi connectivity index (χ3v) is 2.23. The monoisotopic (exact) mass is 257 g/mol. The number of nitrogens with zero attached hydrogens (tertiary/aromatic N) is 1. The predicted octanol–water partition coefficient (Wildman–Crippen LogP) is 2.61. The maximum Gasteiger partial charge on any atom is 0.338 e. The highest BCUT2D eigenvalue weighted by Crippen LogP contribution is 2.30. The van der Waals surface area contributed by atoms with Crippen LogP contribution in [0.15, 0.2) is 12.1 Å². The first-order valence-electron chi connectivity index (χ1n) is 5.31. The maximum atomic E-state index is 13.4. The van der Waals surface area contributed by atoms with E-state index in [9.17, 15) is 19.3 Å². The minimum atomic E-state index is -1.56. The topological polar surface area (TPSA) is 89.7 Å². The zero-order valence-electron chi connectivity index (χ0n) is 9.68. The number of carbonyl (C=O) groups is 1. The van der Waals surface area contributed by atoms with Gasteiger partial charge in [-0.1, -0.05) is 13.3 Å². The number of unbranched alkanes of at least 4 members (excludes halogenated alkanes) is 1. The lowest BCUT2D eigenvalue weighted by atomic mass is 10.1. The summed E-state index contributed by atoms with van der Waals surface area (Å²) in [6, 6.07) is 1.40. The number of hydrogen-bond donors (Lipinski definition) is 1. The zero-order chi connectivity index (χ0) is 13.7. The van der Waals surface area contributed by atoms with Crippen molar-refractivity contribution in [2.75, 3.05) is 6.61 Å². The Morgan fingerprint density at radius 2 is 2.22 bits per heavy atom. The number of hydrogen-bond acceptors (Lipinski definition) is 4. The Labute approximate surface area is 102 Å². The van der Waals surface area contributed by atoms with Gasteiger partial charge in [-0.3, -0.25) is 10.1 Å². The van der Waals surface area contributed by atoms with Crippen molar-refractivity contribution in [2.45, 2.75) is 19.8 Å². The van der Waals surface area contributed by atoms with Crippen LogP contribution in [-0.2, 0) is 0 Å². The number of halogens is 1. The Kier molecular flexibility index (Phi) is 4.59. The van der Waals surface area contributed by atoms with E-state index in [1.165, 1.54) is 0 Å². The molecule has 1 aromatic rings. The summed E-state index contributed by atoms with van der Waals surface area (Å²) in [6.07, 6.45) is 1.49. The maximum absolute atomic E-state index is 13.4. The van der Waals surface area contributed by atoms with E-state index in [-0.39, 0.29) is 12.4 Å². The van der Waals surface area contributed by atoms with Gasteiger partial charge in [0.2, 0.25) is 0 Å². The van der Waals surface area contributed by atoms with Crippen molar-refractivity contribution in [3.63, 3.8) is 0 Å². The molecule has 0 aliphatic rings. The van der Waals surface area contributed by atoms with E-state index in [4.69, 9.17) is 9.84 Å². The molecule has 6 nitrogen and oxygen atoms in total. The molecule has 0 aromatic heterocycles. The van der Waals surface area contributed by atoms with Gasteiger partial charge in [-0.05, 0) is 6.42 Å². The van der Waals surface area contributed by atoms with Crippen molar-refractivity contribution in [3.8, 4) is 5.75 Å². The van der Waals surface area contributed by atoms with Crippen LogP contribution in [0.5, 0.6) is 5.75 Å². The summed E-state index contributed by atoms with van der Waals surface area (Å²) in [4.78, 5) is 20.6. The van der Waals surface area contributed by atoms with Crippen molar-refractivity contribution in [1.29, 1.82) is 0 Å². The summed E-state index contributed by atoms with van der Waals surface area (Å²) in [5, 5.41) is 19.4. The lowest BCUT2D eigenvalue weighted by Crippen LogP contribution is -2.06. The molecule has 0 radical (unpaired) electrons. The summed E-state index contributed by atoms with van der Waals surface area (Å²) < 4.78 is 18.4. The van der Waals surface area contributed by atoms with E-state index in [2.05, 4.69) is 0 Å². The van der Waals surface area contributed by atoms with Crippen molar-refractivity contribution in [3.05, 3.63) is 33.6 Å². The highest BCUT2D eigenvalue weighted by Gasteiger charge is 2.22. The Morgan fingerprint density at radius 1 is 1.56 bits per heavy atom. The molecule has 98 valence electrons. The Balaban J connectivity index is 3.12. The average Bonchev–Trinajstić information content (AvgIpc) is 2.28.